The van der Waals surface area contributed by atoms with E-state index < -0.39 is 40.5 Å². The number of fused-ring (bicyclic) bond motifs is 1. The van der Waals surface area contributed by atoms with E-state index in [0.29, 0.717) is 22.5 Å². The van der Waals surface area contributed by atoms with Gasteiger partial charge in [-0.15, -0.1) is 23.1 Å². The Bertz CT molecular complexity index is 2070. The van der Waals surface area contributed by atoms with E-state index in [4.69, 9.17) is 14.6 Å². The second-order valence-corrected chi connectivity index (χ2v) is 17.5. The largest absolute Gasteiger partial charge is 0.481 e. The van der Waals surface area contributed by atoms with Crippen molar-refractivity contribution in [1.29, 1.82) is 0 Å². The first-order chi connectivity index (χ1) is 27.4. The van der Waals surface area contributed by atoms with E-state index in [0.717, 1.165) is 29.5 Å². The number of hydrogen-bond acceptors (Lipinski definition) is 14. The minimum Gasteiger partial charge on any atom is -0.481 e. The molecular weight excluding hydrogens is 791 g/mol. The number of benzene rings is 3. The number of ether oxygens (including phenoxy) is 1. The van der Waals surface area contributed by atoms with Crippen LogP contribution >= 0.6 is 46.4 Å². The van der Waals surface area contributed by atoms with Crippen LogP contribution in [0, 0.1) is 5.41 Å². The predicted molar refractivity (Wildman–Crippen MR) is 217 cm³/mol. The van der Waals surface area contributed by atoms with Crippen molar-refractivity contribution in [2.45, 2.75) is 46.8 Å². The van der Waals surface area contributed by atoms with Crippen molar-refractivity contribution in [2.75, 3.05) is 30.0 Å². The molecule has 5 heterocycles. The third kappa shape index (κ3) is 7.65. The van der Waals surface area contributed by atoms with Gasteiger partial charge in [0.05, 0.1) is 6.61 Å². The van der Waals surface area contributed by atoms with Gasteiger partial charge in [-0.2, -0.15) is 4.37 Å². The Morgan fingerprint density at radius 2 is 1.70 bits per heavy atom. The lowest BCUT2D eigenvalue weighted by atomic mass is 9.77. The van der Waals surface area contributed by atoms with Crippen LogP contribution in [0.4, 0.5) is 5.13 Å². The summed E-state index contributed by atoms with van der Waals surface area (Å²) in [5, 5.41) is 23.0. The van der Waals surface area contributed by atoms with Gasteiger partial charge in [-0.1, -0.05) is 108 Å². The average molecular weight is 828 g/mol. The molecule has 13 nitrogen and oxygen atoms in total. The molecule has 0 bridgehead atoms. The molecule has 3 aromatic carbocycles. The molecule has 5 aromatic rings. The van der Waals surface area contributed by atoms with Crippen LogP contribution < -0.4 is 10.6 Å². The van der Waals surface area contributed by atoms with Crippen molar-refractivity contribution in [3.63, 3.8) is 0 Å². The van der Waals surface area contributed by atoms with Crippen LogP contribution in [-0.2, 0) is 29.5 Å². The summed E-state index contributed by atoms with van der Waals surface area (Å²) < 4.78 is 10.4. The number of anilines is 1. The Morgan fingerprint density at radius 3 is 2.29 bits per heavy atom. The molecule has 2 aromatic heterocycles. The molecule has 3 fully saturated rings. The van der Waals surface area contributed by atoms with Crippen molar-refractivity contribution in [3.8, 4) is 0 Å². The number of aromatic nitrogens is 3. The number of carbonyl (C=O) groups excluding carboxylic acids is 2. The molecule has 3 unspecified atom stereocenters. The molecular formula is C39H37N7O6S4. The Morgan fingerprint density at radius 1 is 1.02 bits per heavy atom. The molecule has 3 N–H and O–H groups in total. The zero-order valence-electron chi connectivity index (χ0n) is 29.9. The number of hydrogen-bond donors (Lipinski definition) is 3. The number of carbonyl (C=O) groups is 3. The number of rotatable bonds is 14. The van der Waals surface area contributed by atoms with Crippen LogP contribution in [0.25, 0.3) is 0 Å². The molecule has 0 spiro atoms. The summed E-state index contributed by atoms with van der Waals surface area (Å²) in [6, 6.07) is 29.5. The zero-order valence-corrected chi connectivity index (χ0v) is 33.1. The second kappa shape index (κ2) is 16.7. The van der Waals surface area contributed by atoms with Gasteiger partial charge in [-0.05, 0) is 41.1 Å². The Labute approximate surface area is 339 Å². The fourth-order valence-electron chi connectivity index (χ4n) is 7.03. The highest BCUT2D eigenvalue weighted by atomic mass is 32.2. The Balaban J connectivity index is 1.06. The number of thioether (sulfide) groups is 2. The van der Waals surface area contributed by atoms with Gasteiger partial charge < -0.3 is 30.2 Å². The summed E-state index contributed by atoms with van der Waals surface area (Å²) in [6.45, 7) is 0.544. The monoisotopic (exact) mass is 827 g/mol. The summed E-state index contributed by atoms with van der Waals surface area (Å²) in [6.07, 6.45) is 3.23. The molecule has 3 aliphatic rings. The van der Waals surface area contributed by atoms with Gasteiger partial charge in [-0.3, -0.25) is 14.4 Å². The number of oxime groups is 1. The van der Waals surface area contributed by atoms with Crippen molar-refractivity contribution in [2.24, 2.45) is 10.6 Å². The van der Waals surface area contributed by atoms with Gasteiger partial charge in [0.1, 0.15) is 34.4 Å². The van der Waals surface area contributed by atoms with Crippen molar-refractivity contribution < 1.29 is 29.1 Å². The minimum atomic E-state index is -1.18. The first-order valence-corrected chi connectivity index (χ1v) is 21.7. The minimum absolute atomic E-state index is 0.0210. The van der Waals surface area contributed by atoms with Crippen LogP contribution in [0.1, 0.15) is 41.6 Å². The summed E-state index contributed by atoms with van der Waals surface area (Å²) >= 11 is 5.16. The number of amides is 2. The molecule has 0 saturated carbocycles. The normalized spacial score (nSPS) is 22.4. The number of carboxylic acid groups (broad SMARTS) is 1. The highest BCUT2D eigenvalue weighted by Gasteiger charge is 2.57. The first-order valence-electron chi connectivity index (χ1n) is 18.0. The van der Waals surface area contributed by atoms with Crippen molar-refractivity contribution >= 4 is 75.0 Å². The van der Waals surface area contributed by atoms with Gasteiger partial charge >= 0.3 is 5.97 Å². The maximum atomic E-state index is 14.2. The van der Waals surface area contributed by atoms with Gasteiger partial charge in [0, 0.05) is 29.9 Å². The summed E-state index contributed by atoms with van der Waals surface area (Å²) in [4.78, 5) is 56.6. The van der Waals surface area contributed by atoms with Crippen LogP contribution in [0.5, 0.6) is 0 Å². The smallest absolute Gasteiger partial charge is 0.313 e. The highest BCUT2D eigenvalue weighted by molar-refractivity contribution is 8.01. The summed E-state index contributed by atoms with van der Waals surface area (Å²) in [7, 11) is 0. The molecule has 8 rings (SSSR count). The van der Waals surface area contributed by atoms with E-state index in [9.17, 15) is 19.5 Å². The fraction of sp³-hybridized carbons (Fsp3) is 0.308. The lowest BCUT2D eigenvalue weighted by molar-refractivity contribution is -0.162. The molecule has 56 heavy (non-hydrogen) atoms. The van der Waals surface area contributed by atoms with Crippen LogP contribution in [0.2, 0.25) is 0 Å². The van der Waals surface area contributed by atoms with E-state index in [1.165, 1.54) is 57.6 Å². The van der Waals surface area contributed by atoms with Crippen LogP contribution in [-0.4, -0.2) is 90.2 Å². The lowest BCUT2D eigenvalue weighted by Crippen LogP contribution is -2.74. The van der Waals surface area contributed by atoms with Gasteiger partial charge in [0.2, 0.25) is 12.2 Å². The SMILES string of the molecule is O=C(NC1C(=O)N2CC(CSc3ncns3)(C(=O)O)CS[C@H]12)C(=NOC1CCCCO1)c1csc(NC(c2ccccc2)(c2ccccc2)c2ccccc2)n1. The summed E-state index contributed by atoms with van der Waals surface area (Å²) in [5.74, 6) is -1.50. The number of nitrogens with one attached hydrogen (secondary N) is 2. The molecule has 0 radical (unpaired) electrons. The topological polar surface area (TPSA) is 168 Å². The lowest BCUT2D eigenvalue weighted by Gasteiger charge is -2.53. The number of thiazole rings is 1. The Kier molecular flexibility index (Phi) is 11.4. The highest BCUT2D eigenvalue weighted by Crippen LogP contribution is 2.45. The molecule has 4 atom stereocenters. The Hall–Kier alpha value is -4.81. The fourth-order valence-corrected chi connectivity index (χ4v) is 11.1. The van der Waals surface area contributed by atoms with E-state index in [2.05, 4.69) is 61.5 Å². The standard InChI is InChI=1S/C39H37N7O6S4/c47-32(43-31-33(48)46-21-38(35(49)50,22-54-34(31)46)23-55-37-40-24-41-56-37)30(45-52-29-18-10-11-19-51-29)28-20-53-36(42-28)44-39(25-12-4-1-5-13-25,26-14-6-2-7-15-26)27-16-8-3-9-17-27/h1-9,12-17,20,24,29,31,34H,10-11,18-19,21-23H2,(H,42,44)(H,43,47)(H,49,50)/t29?,31?,34-,38?/m1/s1. The molecule has 17 heteroatoms. The quantitative estimate of drug-likeness (QED) is 0.0399. The van der Waals surface area contributed by atoms with E-state index >= 15 is 0 Å². The van der Waals surface area contributed by atoms with E-state index in [1.807, 2.05) is 54.6 Å². The maximum Gasteiger partial charge on any atom is 0.313 e. The third-order valence-corrected chi connectivity index (χ3v) is 14.4. The van der Waals surface area contributed by atoms with Crippen LogP contribution in [0.3, 0.4) is 0 Å². The second-order valence-electron chi connectivity index (χ2n) is 13.6. The number of nitrogens with zero attached hydrogens (tertiary/aromatic N) is 5. The van der Waals surface area contributed by atoms with Gasteiger partial charge in [0.15, 0.2) is 15.2 Å². The first kappa shape index (κ1) is 38.1. The zero-order chi connectivity index (χ0) is 38.5. The average Bonchev–Trinajstić information content (AvgIpc) is 3.95. The predicted octanol–water partition coefficient (Wildman–Crippen LogP) is 5.91. The number of β-lactam (4-membered cyclic amide) rings is 1. The molecule has 2 amide bonds. The summed E-state index contributed by atoms with van der Waals surface area (Å²) in [5.41, 5.74) is 1.08. The van der Waals surface area contributed by atoms with E-state index in [-0.39, 0.29) is 35.4 Å². The molecule has 3 saturated heterocycles. The molecule has 288 valence electrons. The van der Waals surface area contributed by atoms with Crippen molar-refractivity contribution in [1.82, 2.24) is 24.6 Å². The molecule has 3 aliphatic heterocycles. The number of carboxylic acids is 1. The number of aliphatic carboxylic acids is 1. The maximum absolute atomic E-state index is 14.2. The third-order valence-electron chi connectivity index (χ3n) is 9.97. The van der Waals surface area contributed by atoms with Crippen molar-refractivity contribution in [3.05, 3.63) is 125 Å². The van der Waals surface area contributed by atoms with Crippen LogP contribution in [0.15, 0.2) is 112 Å². The van der Waals surface area contributed by atoms with E-state index in [1.54, 1.807) is 5.38 Å². The van der Waals surface area contributed by atoms with Gasteiger partial charge in [-0.25, -0.2) is 9.97 Å². The van der Waals surface area contributed by atoms with Gasteiger partial charge in [0.25, 0.3) is 5.91 Å². The molecule has 0 aliphatic carbocycles.